The zero-order valence-electron chi connectivity index (χ0n) is 12.3. The van der Waals surface area contributed by atoms with Gasteiger partial charge in [-0.25, -0.2) is 0 Å². The molecule has 17 heavy (non-hydrogen) atoms. The molecule has 102 valence electrons. The van der Waals surface area contributed by atoms with E-state index in [2.05, 4.69) is 42.5 Å². The molecule has 3 heteroatoms. The van der Waals surface area contributed by atoms with Crippen LogP contribution in [0.5, 0.6) is 0 Å². The molecule has 1 rings (SSSR count). The average molecular weight is 241 g/mol. The van der Waals surface area contributed by atoms with Crippen LogP contribution in [0.3, 0.4) is 0 Å². The minimum Gasteiger partial charge on any atom is -0.304 e. The molecule has 0 saturated carbocycles. The first-order valence-electron chi connectivity index (χ1n) is 7.25. The highest BCUT2D eigenvalue weighted by atomic mass is 15.3. The Balaban J connectivity index is 2.21. The first-order valence-corrected chi connectivity index (χ1v) is 7.25. The summed E-state index contributed by atoms with van der Waals surface area (Å²) in [5.74, 6) is 0.786. The lowest BCUT2D eigenvalue weighted by molar-refractivity contribution is 0.131. The Bertz CT molecular complexity index is 186. The van der Waals surface area contributed by atoms with Gasteiger partial charge < -0.3 is 9.80 Å². The van der Waals surface area contributed by atoms with Gasteiger partial charge in [0.25, 0.3) is 0 Å². The zero-order chi connectivity index (χ0) is 12.7. The summed E-state index contributed by atoms with van der Waals surface area (Å²) in [4.78, 5) is 7.67. The van der Waals surface area contributed by atoms with Crippen molar-refractivity contribution in [3.8, 4) is 0 Å². The highest BCUT2D eigenvalue weighted by Crippen LogP contribution is 2.03. The first-order chi connectivity index (χ1) is 8.11. The van der Waals surface area contributed by atoms with Gasteiger partial charge in [-0.1, -0.05) is 20.8 Å². The molecule has 3 nitrogen and oxygen atoms in total. The molecule has 0 atom stereocenters. The van der Waals surface area contributed by atoms with E-state index in [1.165, 1.54) is 58.8 Å². The topological polar surface area (TPSA) is 9.72 Å². The first kappa shape index (κ1) is 14.9. The monoisotopic (exact) mass is 241 g/mol. The summed E-state index contributed by atoms with van der Waals surface area (Å²) in [6, 6.07) is 0. The maximum absolute atomic E-state index is 2.63. The summed E-state index contributed by atoms with van der Waals surface area (Å²) in [5, 5.41) is 0. The third-order valence-electron chi connectivity index (χ3n) is 3.49. The number of hydrogen-bond acceptors (Lipinski definition) is 3. The van der Waals surface area contributed by atoms with Crippen molar-refractivity contribution in [1.29, 1.82) is 0 Å². The van der Waals surface area contributed by atoms with Crippen LogP contribution in [0.2, 0.25) is 0 Å². The smallest absolute Gasteiger partial charge is 0.0110 e. The van der Waals surface area contributed by atoms with Crippen LogP contribution in [0.15, 0.2) is 0 Å². The Morgan fingerprint density at radius 2 is 1.71 bits per heavy atom. The quantitative estimate of drug-likeness (QED) is 0.670. The van der Waals surface area contributed by atoms with Crippen molar-refractivity contribution in [2.45, 2.75) is 27.2 Å². The minimum absolute atomic E-state index is 0.786. The molecule has 0 aliphatic carbocycles. The van der Waals surface area contributed by atoms with Crippen molar-refractivity contribution in [3.05, 3.63) is 0 Å². The molecule has 1 aliphatic rings. The van der Waals surface area contributed by atoms with E-state index in [-0.39, 0.29) is 0 Å². The molecule has 0 amide bonds. The molecule has 0 unspecified atom stereocenters. The van der Waals surface area contributed by atoms with Gasteiger partial charge in [-0.05, 0) is 25.9 Å². The van der Waals surface area contributed by atoms with Gasteiger partial charge in [0.1, 0.15) is 0 Å². The molecule has 0 aromatic rings. The predicted octanol–water partition coefficient (Wildman–Crippen LogP) is 1.60. The van der Waals surface area contributed by atoms with Gasteiger partial charge in [-0.15, -0.1) is 0 Å². The minimum atomic E-state index is 0.786. The summed E-state index contributed by atoms with van der Waals surface area (Å²) in [6.07, 6.45) is 1.27. The van der Waals surface area contributed by atoms with Gasteiger partial charge in [0, 0.05) is 45.8 Å². The molecule has 1 heterocycles. The van der Waals surface area contributed by atoms with Crippen molar-refractivity contribution in [3.63, 3.8) is 0 Å². The van der Waals surface area contributed by atoms with Crippen LogP contribution in [0, 0.1) is 5.92 Å². The van der Waals surface area contributed by atoms with Crippen LogP contribution in [-0.2, 0) is 0 Å². The second-order valence-electron chi connectivity index (χ2n) is 5.84. The van der Waals surface area contributed by atoms with Gasteiger partial charge in [0.05, 0.1) is 0 Å². The van der Waals surface area contributed by atoms with E-state index in [4.69, 9.17) is 0 Å². The normalized spacial score (nSPS) is 19.4. The molecule has 0 aromatic heterocycles. The molecule has 1 fully saturated rings. The summed E-state index contributed by atoms with van der Waals surface area (Å²) in [6.45, 7) is 16.9. The number of rotatable bonds is 7. The summed E-state index contributed by atoms with van der Waals surface area (Å²) in [7, 11) is 2.22. The van der Waals surface area contributed by atoms with E-state index >= 15 is 0 Å². The van der Waals surface area contributed by atoms with Gasteiger partial charge in [-0.2, -0.15) is 0 Å². The Morgan fingerprint density at radius 3 is 2.24 bits per heavy atom. The van der Waals surface area contributed by atoms with Gasteiger partial charge >= 0.3 is 0 Å². The molecule has 0 N–H and O–H groups in total. The molecule has 1 aliphatic heterocycles. The van der Waals surface area contributed by atoms with E-state index in [9.17, 15) is 0 Å². The van der Waals surface area contributed by atoms with Gasteiger partial charge in [0.2, 0.25) is 0 Å². The maximum atomic E-state index is 2.63. The van der Waals surface area contributed by atoms with Crippen LogP contribution in [0.1, 0.15) is 27.2 Å². The summed E-state index contributed by atoms with van der Waals surface area (Å²) >= 11 is 0. The van der Waals surface area contributed by atoms with E-state index in [0.29, 0.717) is 0 Å². The lowest BCUT2D eigenvalue weighted by Gasteiger charge is -2.34. The molecule has 0 bridgehead atoms. The fraction of sp³-hybridized carbons (Fsp3) is 1.00. The number of likely N-dealkylation sites (N-methyl/N-ethyl adjacent to an activating group) is 1. The van der Waals surface area contributed by atoms with Gasteiger partial charge in [0.15, 0.2) is 0 Å². The van der Waals surface area contributed by atoms with Crippen LogP contribution in [-0.4, -0.2) is 74.1 Å². The molecule has 0 radical (unpaired) electrons. The number of piperazine rings is 1. The Hall–Kier alpha value is -0.120. The van der Waals surface area contributed by atoms with Crippen molar-refractivity contribution >= 4 is 0 Å². The van der Waals surface area contributed by atoms with Crippen LogP contribution in [0.25, 0.3) is 0 Å². The third-order valence-corrected chi connectivity index (χ3v) is 3.49. The van der Waals surface area contributed by atoms with E-state index in [0.717, 1.165) is 5.92 Å². The van der Waals surface area contributed by atoms with Crippen molar-refractivity contribution < 1.29 is 0 Å². The Labute approximate surface area is 108 Å². The van der Waals surface area contributed by atoms with Crippen LogP contribution < -0.4 is 0 Å². The lowest BCUT2D eigenvalue weighted by atomic mass is 10.2. The fourth-order valence-electron chi connectivity index (χ4n) is 2.48. The van der Waals surface area contributed by atoms with Crippen molar-refractivity contribution in [2.75, 3.05) is 59.4 Å². The van der Waals surface area contributed by atoms with Crippen LogP contribution in [0.4, 0.5) is 0 Å². The van der Waals surface area contributed by atoms with E-state index < -0.39 is 0 Å². The lowest BCUT2D eigenvalue weighted by Crippen LogP contribution is -2.47. The zero-order valence-corrected chi connectivity index (χ0v) is 12.3. The standard InChI is InChI=1S/C14H31N3/c1-5-6-17(13-14(2)3)12-11-16-9-7-15(4)8-10-16/h14H,5-13H2,1-4H3. The Kier molecular flexibility index (Phi) is 7.09. The van der Waals surface area contributed by atoms with E-state index in [1.54, 1.807) is 0 Å². The van der Waals surface area contributed by atoms with Crippen molar-refractivity contribution in [2.24, 2.45) is 5.92 Å². The highest BCUT2D eigenvalue weighted by Gasteiger charge is 2.14. The maximum Gasteiger partial charge on any atom is 0.0110 e. The molecule has 1 saturated heterocycles. The average Bonchev–Trinajstić information content (AvgIpc) is 2.27. The summed E-state index contributed by atoms with van der Waals surface area (Å²) in [5.41, 5.74) is 0. The molecular weight excluding hydrogens is 210 g/mol. The predicted molar refractivity (Wildman–Crippen MR) is 75.5 cm³/mol. The fourth-order valence-corrected chi connectivity index (χ4v) is 2.48. The molecule has 0 spiro atoms. The van der Waals surface area contributed by atoms with Crippen molar-refractivity contribution in [1.82, 2.24) is 14.7 Å². The summed E-state index contributed by atoms with van der Waals surface area (Å²) < 4.78 is 0. The second kappa shape index (κ2) is 8.06. The molecular formula is C14H31N3. The largest absolute Gasteiger partial charge is 0.304 e. The SMILES string of the molecule is CCCN(CCN1CCN(C)CC1)CC(C)C. The second-order valence-corrected chi connectivity index (χ2v) is 5.84. The van der Waals surface area contributed by atoms with Gasteiger partial charge in [-0.3, -0.25) is 4.90 Å². The number of hydrogen-bond donors (Lipinski definition) is 0. The highest BCUT2D eigenvalue weighted by molar-refractivity contribution is 4.71. The molecule has 0 aromatic carbocycles. The van der Waals surface area contributed by atoms with Crippen LogP contribution >= 0.6 is 0 Å². The Morgan fingerprint density at radius 1 is 1.06 bits per heavy atom. The third kappa shape index (κ3) is 6.39. The van der Waals surface area contributed by atoms with E-state index in [1.807, 2.05) is 0 Å². The number of nitrogens with zero attached hydrogens (tertiary/aromatic N) is 3.